The van der Waals surface area contributed by atoms with Crippen LogP contribution in [0.25, 0.3) is 0 Å². The van der Waals surface area contributed by atoms with Crippen LogP contribution in [0.1, 0.15) is 27.0 Å². The Kier molecular flexibility index (Phi) is 5.11. The number of carboxylic acids is 1. The lowest BCUT2D eigenvalue weighted by Crippen LogP contribution is -2.42. The number of aliphatic carboxylic acids is 1. The van der Waals surface area contributed by atoms with Gasteiger partial charge in [-0.1, -0.05) is 29.3 Å². The van der Waals surface area contributed by atoms with Gasteiger partial charge in [0.2, 0.25) is 0 Å². The Morgan fingerprint density at radius 1 is 1.09 bits per heavy atom. The van der Waals surface area contributed by atoms with Crippen LogP contribution >= 0.6 is 0 Å². The molecule has 0 bridgehead atoms. The summed E-state index contributed by atoms with van der Waals surface area (Å²) in [5.74, 6) is -1.96. The highest BCUT2D eigenvalue weighted by molar-refractivity contribution is 5.97. The molecular formula is C18H18FNO3. The van der Waals surface area contributed by atoms with Crippen molar-refractivity contribution >= 4 is 11.9 Å². The maximum Gasteiger partial charge on any atom is 0.326 e. The molecule has 0 saturated carbocycles. The molecule has 120 valence electrons. The fourth-order valence-corrected chi connectivity index (χ4v) is 2.40. The minimum Gasteiger partial charge on any atom is -0.480 e. The van der Waals surface area contributed by atoms with Gasteiger partial charge in [-0.05, 0) is 43.7 Å². The lowest BCUT2D eigenvalue weighted by molar-refractivity contribution is -0.139. The van der Waals surface area contributed by atoms with Crippen LogP contribution in [0.4, 0.5) is 4.39 Å². The molecule has 2 N–H and O–H groups in total. The molecule has 0 unspecified atom stereocenters. The van der Waals surface area contributed by atoms with E-state index in [-0.39, 0.29) is 12.2 Å². The van der Waals surface area contributed by atoms with Crippen LogP contribution in [-0.4, -0.2) is 23.0 Å². The molecule has 0 spiro atoms. The van der Waals surface area contributed by atoms with E-state index in [2.05, 4.69) is 5.32 Å². The zero-order valence-electron chi connectivity index (χ0n) is 13.0. The third-order valence-corrected chi connectivity index (χ3v) is 3.44. The summed E-state index contributed by atoms with van der Waals surface area (Å²) in [4.78, 5) is 23.7. The molecule has 4 nitrogen and oxygen atoms in total. The van der Waals surface area contributed by atoms with Crippen LogP contribution in [0.5, 0.6) is 0 Å². The number of carbonyl (C=O) groups is 2. The topological polar surface area (TPSA) is 66.4 Å². The maximum atomic E-state index is 12.9. The third kappa shape index (κ3) is 4.64. The van der Waals surface area contributed by atoms with E-state index in [1.165, 1.54) is 24.3 Å². The highest BCUT2D eigenvalue weighted by atomic mass is 19.1. The van der Waals surface area contributed by atoms with Crippen molar-refractivity contribution in [2.24, 2.45) is 0 Å². The predicted molar refractivity (Wildman–Crippen MR) is 84.9 cm³/mol. The molecule has 0 heterocycles. The van der Waals surface area contributed by atoms with Crippen molar-refractivity contribution in [2.45, 2.75) is 26.3 Å². The van der Waals surface area contributed by atoms with Crippen LogP contribution in [0.3, 0.4) is 0 Å². The molecular weight excluding hydrogens is 297 g/mol. The van der Waals surface area contributed by atoms with Crippen LogP contribution < -0.4 is 5.32 Å². The smallest absolute Gasteiger partial charge is 0.326 e. The first kappa shape index (κ1) is 16.7. The number of benzene rings is 2. The van der Waals surface area contributed by atoms with E-state index in [9.17, 15) is 19.1 Å². The van der Waals surface area contributed by atoms with Crippen molar-refractivity contribution in [2.75, 3.05) is 0 Å². The van der Waals surface area contributed by atoms with Crippen molar-refractivity contribution in [1.29, 1.82) is 0 Å². The maximum absolute atomic E-state index is 12.9. The van der Waals surface area contributed by atoms with Gasteiger partial charge in [-0.15, -0.1) is 0 Å². The second-order valence-corrected chi connectivity index (χ2v) is 5.57. The normalized spacial score (nSPS) is 11.8. The summed E-state index contributed by atoms with van der Waals surface area (Å²) < 4.78 is 12.9. The average Bonchev–Trinajstić information content (AvgIpc) is 2.47. The van der Waals surface area contributed by atoms with Gasteiger partial charge < -0.3 is 10.4 Å². The largest absolute Gasteiger partial charge is 0.480 e. The van der Waals surface area contributed by atoms with Crippen LogP contribution in [-0.2, 0) is 11.2 Å². The molecule has 5 heteroatoms. The first-order valence-corrected chi connectivity index (χ1v) is 7.21. The number of nitrogens with one attached hydrogen (secondary N) is 1. The van der Waals surface area contributed by atoms with Gasteiger partial charge in [0, 0.05) is 12.0 Å². The summed E-state index contributed by atoms with van der Waals surface area (Å²) in [5.41, 5.74) is 2.92. The molecule has 23 heavy (non-hydrogen) atoms. The molecule has 2 aromatic carbocycles. The first-order chi connectivity index (χ1) is 10.8. The van der Waals surface area contributed by atoms with E-state index in [1.807, 2.05) is 19.9 Å². The molecule has 2 rings (SSSR count). The first-order valence-electron chi connectivity index (χ1n) is 7.21. The Morgan fingerprint density at radius 2 is 1.65 bits per heavy atom. The summed E-state index contributed by atoms with van der Waals surface area (Å²) in [6.07, 6.45) is 0.0894. The average molecular weight is 315 g/mol. The molecule has 0 aliphatic heterocycles. The third-order valence-electron chi connectivity index (χ3n) is 3.44. The van der Waals surface area contributed by atoms with Gasteiger partial charge in [0.25, 0.3) is 5.91 Å². The Hall–Kier alpha value is -2.69. The quantitative estimate of drug-likeness (QED) is 0.891. The van der Waals surface area contributed by atoms with E-state index in [4.69, 9.17) is 0 Å². The number of halogens is 1. The second kappa shape index (κ2) is 7.05. The summed E-state index contributed by atoms with van der Waals surface area (Å²) >= 11 is 0. The van der Waals surface area contributed by atoms with Crippen molar-refractivity contribution in [3.63, 3.8) is 0 Å². The predicted octanol–water partition coefficient (Wildman–Crippen LogP) is 2.87. The van der Waals surface area contributed by atoms with Crippen molar-refractivity contribution < 1.29 is 19.1 Å². The molecule has 0 aliphatic rings. The lowest BCUT2D eigenvalue weighted by Gasteiger charge is -2.15. The van der Waals surface area contributed by atoms with Gasteiger partial charge in [0.05, 0.1) is 0 Å². The second-order valence-electron chi connectivity index (χ2n) is 5.57. The van der Waals surface area contributed by atoms with Gasteiger partial charge in [-0.25, -0.2) is 9.18 Å². The van der Waals surface area contributed by atoms with Crippen molar-refractivity contribution in [3.05, 3.63) is 70.5 Å². The fraction of sp³-hybridized carbons (Fsp3) is 0.222. The highest BCUT2D eigenvalue weighted by Gasteiger charge is 2.21. The zero-order valence-corrected chi connectivity index (χ0v) is 13.0. The minimum absolute atomic E-state index is 0.0894. The number of hydrogen-bond acceptors (Lipinski definition) is 2. The Bertz CT molecular complexity index is 705. The Morgan fingerprint density at radius 3 is 2.17 bits per heavy atom. The Labute approximate surface area is 134 Å². The summed E-state index contributed by atoms with van der Waals surface area (Å²) in [6.45, 7) is 3.74. The van der Waals surface area contributed by atoms with Gasteiger partial charge in [-0.3, -0.25) is 4.79 Å². The molecule has 2 aromatic rings. The number of hydrogen-bond donors (Lipinski definition) is 2. The van der Waals surface area contributed by atoms with E-state index < -0.39 is 17.9 Å². The lowest BCUT2D eigenvalue weighted by atomic mass is 10.0. The van der Waals surface area contributed by atoms with Gasteiger partial charge in [-0.2, -0.15) is 0 Å². The molecule has 1 atom stereocenters. The number of amides is 1. The zero-order chi connectivity index (χ0) is 17.0. The molecule has 0 saturated heterocycles. The fourth-order valence-electron chi connectivity index (χ4n) is 2.40. The molecule has 0 radical (unpaired) electrons. The van der Waals surface area contributed by atoms with Crippen LogP contribution in [0.2, 0.25) is 0 Å². The number of carboxylic acid groups (broad SMARTS) is 1. The SMILES string of the molecule is Cc1cc(C)cc(C(=O)N[C@H](Cc2ccc(F)cc2)C(=O)O)c1. The summed E-state index contributed by atoms with van der Waals surface area (Å²) in [7, 11) is 0. The minimum atomic E-state index is -1.13. The Balaban J connectivity index is 2.14. The molecule has 0 fully saturated rings. The monoisotopic (exact) mass is 315 g/mol. The summed E-state index contributed by atoms with van der Waals surface area (Å²) in [5, 5.41) is 11.8. The standard InChI is InChI=1S/C18H18FNO3/c1-11-7-12(2)9-14(8-11)17(21)20-16(18(22)23)10-13-3-5-15(19)6-4-13/h3-9,16H,10H2,1-2H3,(H,20,21)(H,22,23)/t16-/m1/s1. The van der Waals surface area contributed by atoms with E-state index in [0.717, 1.165) is 11.1 Å². The highest BCUT2D eigenvalue weighted by Crippen LogP contribution is 2.11. The van der Waals surface area contributed by atoms with Gasteiger partial charge in [0.1, 0.15) is 11.9 Å². The number of aryl methyl sites for hydroxylation is 2. The van der Waals surface area contributed by atoms with E-state index in [0.29, 0.717) is 11.1 Å². The molecule has 0 aliphatic carbocycles. The van der Waals surface area contributed by atoms with Gasteiger partial charge in [0.15, 0.2) is 0 Å². The van der Waals surface area contributed by atoms with Crippen molar-refractivity contribution in [3.8, 4) is 0 Å². The molecule has 1 amide bonds. The summed E-state index contributed by atoms with van der Waals surface area (Å²) in [6, 6.07) is 9.82. The van der Waals surface area contributed by atoms with Crippen LogP contribution in [0, 0.1) is 19.7 Å². The van der Waals surface area contributed by atoms with Crippen molar-refractivity contribution in [1.82, 2.24) is 5.32 Å². The van der Waals surface area contributed by atoms with E-state index in [1.54, 1.807) is 12.1 Å². The molecule has 0 aromatic heterocycles. The number of carbonyl (C=O) groups excluding carboxylic acids is 1. The number of rotatable bonds is 5. The van der Waals surface area contributed by atoms with Gasteiger partial charge >= 0.3 is 5.97 Å². The van der Waals surface area contributed by atoms with Crippen LogP contribution in [0.15, 0.2) is 42.5 Å². The van der Waals surface area contributed by atoms with E-state index >= 15 is 0 Å².